The zero-order chi connectivity index (χ0) is 19.4. The summed E-state index contributed by atoms with van der Waals surface area (Å²) in [4.78, 5) is 16.3. The van der Waals surface area contributed by atoms with Crippen LogP contribution in [0.5, 0.6) is 5.75 Å². The maximum absolute atomic E-state index is 12.2. The Morgan fingerprint density at radius 1 is 1.41 bits per heavy atom. The molecule has 0 aliphatic carbocycles. The standard InChI is InChI=1S/C20H20N4O3/c1-5-7-14(6-2)10-18(25)22-15-8-9-16(17(11-15)26-4)20-23-24-13(3)21-12-19(24)27-20/h5-9,11-12H,1-2,10H2,3-4H3,(H,22,25)/b14-7+. The van der Waals surface area contributed by atoms with E-state index in [9.17, 15) is 4.79 Å². The molecule has 27 heavy (non-hydrogen) atoms. The number of ether oxygens (including phenoxy) is 1. The first-order chi connectivity index (χ1) is 13.0. The molecule has 0 radical (unpaired) electrons. The fourth-order valence-corrected chi connectivity index (χ4v) is 2.61. The number of amides is 1. The molecule has 0 spiro atoms. The molecule has 0 aliphatic rings. The Balaban J connectivity index is 1.83. The fraction of sp³-hybridized carbons (Fsp3) is 0.150. The molecule has 1 N–H and O–H groups in total. The van der Waals surface area contributed by atoms with E-state index in [4.69, 9.17) is 9.15 Å². The molecule has 2 aromatic heterocycles. The summed E-state index contributed by atoms with van der Waals surface area (Å²) in [5.74, 6) is 1.51. The van der Waals surface area contributed by atoms with Gasteiger partial charge in [0.05, 0.1) is 25.3 Å². The van der Waals surface area contributed by atoms with Gasteiger partial charge in [0, 0.05) is 11.8 Å². The van der Waals surface area contributed by atoms with Crippen molar-refractivity contribution < 1.29 is 13.9 Å². The van der Waals surface area contributed by atoms with Gasteiger partial charge in [-0.15, -0.1) is 5.10 Å². The van der Waals surface area contributed by atoms with E-state index in [1.54, 1.807) is 54.2 Å². The Morgan fingerprint density at radius 2 is 2.22 bits per heavy atom. The van der Waals surface area contributed by atoms with E-state index in [1.165, 1.54) is 0 Å². The third-order valence-electron chi connectivity index (χ3n) is 3.94. The van der Waals surface area contributed by atoms with Crippen LogP contribution in [0.25, 0.3) is 17.2 Å². The van der Waals surface area contributed by atoms with Crippen LogP contribution in [0.3, 0.4) is 0 Å². The van der Waals surface area contributed by atoms with Crippen molar-refractivity contribution in [3.63, 3.8) is 0 Å². The molecule has 3 aromatic rings. The van der Waals surface area contributed by atoms with Gasteiger partial charge in [-0.1, -0.05) is 31.4 Å². The van der Waals surface area contributed by atoms with Gasteiger partial charge >= 0.3 is 0 Å². The van der Waals surface area contributed by atoms with Gasteiger partial charge in [0.25, 0.3) is 0 Å². The molecule has 0 fully saturated rings. The Kier molecular flexibility index (Phi) is 5.21. The number of carbonyl (C=O) groups excluding carboxylic acids is 1. The van der Waals surface area contributed by atoms with Crippen LogP contribution in [0, 0.1) is 6.92 Å². The van der Waals surface area contributed by atoms with Gasteiger partial charge in [0.15, 0.2) is 0 Å². The lowest BCUT2D eigenvalue weighted by Crippen LogP contribution is -2.12. The first kappa shape index (κ1) is 18.2. The Labute approximate surface area is 156 Å². The predicted octanol–water partition coefficient (Wildman–Crippen LogP) is 3.93. The Morgan fingerprint density at radius 3 is 2.89 bits per heavy atom. The number of allylic oxidation sites excluding steroid dienone is 3. The van der Waals surface area contributed by atoms with E-state index >= 15 is 0 Å². The summed E-state index contributed by atoms with van der Waals surface area (Å²) in [6.45, 7) is 9.16. The van der Waals surface area contributed by atoms with Crippen molar-refractivity contribution in [1.29, 1.82) is 0 Å². The second kappa shape index (κ2) is 7.74. The molecule has 0 aliphatic heterocycles. The van der Waals surface area contributed by atoms with Gasteiger partial charge in [-0.2, -0.15) is 4.52 Å². The molecule has 7 heteroatoms. The zero-order valence-corrected chi connectivity index (χ0v) is 15.2. The SMILES string of the molecule is C=C/C=C(\C=C)CC(=O)Nc1ccc(-c2nn3c(C)ncc3o2)c(OC)c1. The quantitative estimate of drug-likeness (QED) is 0.642. The Bertz CT molecular complexity index is 1040. The van der Waals surface area contributed by atoms with Crippen molar-refractivity contribution in [2.45, 2.75) is 13.3 Å². The topological polar surface area (TPSA) is 81.7 Å². The highest BCUT2D eigenvalue weighted by Crippen LogP contribution is 2.32. The van der Waals surface area contributed by atoms with Crippen LogP contribution < -0.4 is 10.1 Å². The van der Waals surface area contributed by atoms with E-state index in [0.29, 0.717) is 28.6 Å². The number of nitrogens with one attached hydrogen (secondary N) is 1. The maximum atomic E-state index is 12.2. The summed E-state index contributed by atoms with van der Waals surface area (Å²) >= 11 is 0. The monoisotopic (exact) mass is 364 g/mol. The number of nitrogens with zero attached hydrogens (tertiary/aromatic N) is 3. The number of rotatable bonds is 7. The van der Waals surface area contributed by atoms with Crippen molar-refractivity contribution in [3.8, 4) is 17.2 Å². The number of aryl methyl sites for hydroxylation is 1. The first-order valence-electron chi connectivity index (χ1n) is 8.29. The molecule has 1 amide bonds. The van der Waals surface area contributed by atoms with Gasteiger partial charge in [-0.3, -0.25) is 4.79 Å². The van der Waals surface area contributed by atoms with Crippen molar-refractivity contribution >= 4 is 17.3 Å². The largest absolute Gasteiger partial charge is 0.496 e. The highest BCUT2D eigenvalue weighted by molar-refractivity contribution is 5.93. The number of hydrogen-bond donors (Lipinski definition) is 1. The van der Waals surface area contributed by atoms with Gasteiger partial charge in [0.1, 0.15) is 11.6 Å². The maximum Gasteiger partial charge on any atom is 0.250 e. The van der Waals surface area contributed by atoms with Crippen LogP contribution in [0.4, 0.5) is 5.69 Å². The summed E-state index contributed by atoms with van der Waals surface area (Å²) in [6, 6.07) is 5.28. The molecule has 1 aromatic carbocycles. The van der Waals surface area contributed by atoms with Gasteiger partial charge < -0.3 is 14.5 Å². The number of methoxy groups -OCH3 is 1. The lowest BCUT2D eigenvalue weighted by atomic mass is 10.1. The molecule has 0 bridgehead atoms. The molecule has 0 unspecified atom stereocenters. The van der Waals surface area contributed by atoms with Gasteiger partial charge in [-0.05, 0) is 24.6 Å². The van der Waals surface area contributed by atoms with Crippen molar-refractivity contribution in [2.75, 3.05) is 12.4 Å². The summed E-state index contributed by atoms with van der Waals surface area (Å²) in [6.07, 6.45) is 6.82. The third kappa shape index (κ3) is 3.82. The summed E-state index contributed by atoms with van der Waals surface area (Å²) in [5.41, 5.74) is 2.62. The van der Waals surface area contributed by atoms with Crippen LogP contribution in [0.2, 0.25) is 0 Å². The molecular formula is C20H20N4O3. The van der Waals surface area contributed by atoms with E-state index in [0.717, 1.165) is 11.4 Å². The molecule has 3 rings (SSSR count). The average Bonchev–Trinajstić information content (AvgIpc) is 3.23. The number of anilines is 1. The molecule has 0 atom stereocenters. The van der Waals surface area contributed by atoms with Crippen LogP contribution >= 0.6 is 0 Å². The first-order valence-corrected chi connectivity index (χ1v) is 8.29. The van der Waals surface area contributed by atoms with Crippen LogP contribution in [-0.4, -0.2) is 27.6 Å². The molecule has 2 heterocycles. The number of imidazole rings is 1. The normalized spacial score (nSPS) is 11.4. The zero-order valence-electron chi connectivity index (χ0n) is 15.2. The predicted molar refractivity (Wildman–Crippen MR) is 104 cm³/mol. The highest BCUT2D eigenvalue weighted by atomic mass is 16.5. The van der Waals surface area contributed by atoms with Crippen LogP contribution in [0.15, 0.2) is 65.8 Å². The molecule has 0 saturated carbocycles. The summed E-state index contributed by atoms with van der Waals surface area (Å²) in [5, 5.41) is 7.25. The molecule has 0 saturated heterocycles. The average molecular weight is 364 g/mol. The second-order valence-electron chi connectivity index (χ2n) is 5.78. The lowest BCUT2D eigenvalue weighted by Gasteiger charge is -2.10. The number of benzene rings is 1. The van der Waals surface area contributed by atoms with Crippen molar-refractivity contribution in [1.82, 2.24) is 14.6 Å². The number of hydrogen-bond acceptors (Lipinski definition) is 5. The smallest absolute Gasteiger partial charge is 0.250 e. The summed E-state index contributed by atoms with van der Waals surface area (Å²) < 4.78 is 12.8. The van der Waals surface area contributed by atoms with E-state index in [1.807, 2.05) is 6.92 Å². The molecular weight excluding hydrogens is 344 g/mol. The number of fused-ring (bicyclic) bond motifs is 1. The third-order valence-corrected chi connectivity index (χ3v) is 3.94. The second-order valence-corrected chi connectivity index (χ2v) is 5.78. The molecule has 7 nitrogen and oxygen atoms in total. The number of aromatic nitrogens is 3. The number of carbonyl (C=O) groups is 1. The Hall–Kier alpha value is -3.61. The van der Waals surface area contributed by atoms with E-state index in [2.05, 4.69) is 28.6 Å². The van der Waals surface area contributed by atoms with Crippen LogP contribution in [0.1, 0.15) is 12.2 Å². The summed E-state index contributed by atoms with van der Waals surface area (Å²) in [7, 11) is 1.55. The fourth-order valence-electron chi connectivity index (χ4n) is 2.61. The van der Waals surface area contributed by atoms with Crippen molar-refractivity contribution in [3.05, 3.63) is 67.2 Å². The highest BCUT2D eigenvalue weighted by Gasteiger charge is 2.16. The van der Waals surface area contributed by atoms with Crippen molar-refractivity contribution in [2.24, 2.45) is 0 Å². The minimum Gasteiger partial charge on any atom is -0.496 e. The van der Waals surface area contributed by atoms with Gasteiger partial charge in [-0.25, -0.2) is 4.98 Å². The minimum absolute atomic E-state index is 0.162. The van der Waals surface area contributed by atoms with E-state index in [-0.39, 0.29) is 12.3 Å². The lowest BCUT2D eigenvalue weighted by molar-refractivity contribution is -0.115. The van der Waals surface area contributed by atoms with Crippen LogP contribution in [-0.2, 0) is 4.79 Å². The molecule has 138 valence electrons. The van der Waals surface area contributed by atoms with Gasteiger partial charge in [0.2, 0.25) is 17.5 Å². The van der Waals surface area contributed by atoms with E-state index < -0.39 is 0 Å². The minimum atomic E-state index is -0.162.